The number of anilines is 1. The Balaban J connectivity index is 1.85. The number of carbonyl (C=O) groups is 2. The molecule has 0 radical (unpaired) electrons. The fourth-order valence-corrected chi connectivity index (χ4v) is 2.17. The monoisotopic (exact) mass is 363 g/mol. The van der Waals surface area contributed by atoms with Crippen LogP contribution >= 0.6 is 11.6 Å². The molecule has 0 unspecified atom stereocenters. The van der Waals surface area contributed by atoms with Crippen molar-refractivity contribution in [3.8, 4) is 11.5 Å². The van der Waals surface area contributed by atoms with Crippen molar-refractivity contribution in [2.75, 3.05) is 26.1 Å². The van der Waals surface area contributed by atoms with Crippen LogP contribution in [0.3, 0.4) is 0 Å². The minimum Gasteiger partial charge on any atom is -0.497 e. The highest BCUT2D eigenvalue weighted by atomic mass is 35.5. The van der Waals surface area contributed by atoms with Crippen LogP contribution in [-0.2, 0) is 20.7 Å². The third kappa shape index (κ3) is 6.00. The molecule has 2 aromatic carbocycles. The highest BCUT2D eigenvalue weighted by Crippen LogP contribution is 2.25. The Labute approximate surface area is 150 Å². The van der Waals surface area contributed by atoms with Crippen LogP contribution in [0.15, 0.2) is 42.5 Å². The van der Waals surface area contributed by atoms with Gasteiger partial charge in [-0.3, -0.25) is 9.59 Å². The van der Waals surface area contributed by atoms with Gasteiger partial charge in [0.25, 0.3) is 5.91 Å². The standard InChI is InChI=1S/C18H18ClNO5/c1-23-15-8-14(9-16(10-15)24-2)20-17(21)11-25-18(22)7-12-3-5-13(19)6-4-12/h3-6,8-10H,7,11H2,1-2H3,(H,20,21). The number of rotatable bonds is 7. The van der Waals surface area contributed by atoms with Gasteiger partial charge in [-0.2, -0.15) is 0 Å². The van der Waals surface area contributed by atoms with Crippen molar-refractivity contribution in [3.63, 3.8) is 0 Å². The number of hydrogen-bond donors (Lipinski definition) is 1. The van der Waals surface area contributed by atoms with Crippen LogP contribution in [0.25, 0.3) is 0 Å². The molecule has 0 aliphatic carbocycles. The minimum atomic E-state index is -0.499. The number of esters is 1. The zero-order chi connectivity index (χ0) is 18.2. The molecular formula is C18H18ClNO5. The SMILES string of the molecule is COc1cc(NC(=O)COC(=O)Cc2ccc(Cl)cc2)cc(OC)c1. The van der Waals surface area contributed by atoms with E-state index in [0.717, 1.165) is 5.56 Å². The number of amides is 1. The summed E-state index contributed by atoms with van der Waals surface area (Å²) in [5, 5.41) is 3.21. The highest BCUT2D eigenvalue weighted by molar-refractivity contribution is 6.30. The lowest BCUT2D eigenvalue weighted by Gasteiger charge is -2.10. The third-order valence-corrected chi connectivity index (χ3v) is 3.51. The Bertz CT molecular complexity index is 723. The third-order valence-electron chi connectivity index (χ3n) is 3.26. The fraction of sp³-hybridized carbons (Fsp3) is 0.222. The molecule has 25 heavy (non-hydrogen) atoms. The molecule has 0 saturated carbocycles. The van der Waals surface area contributed by atoms with Crippen molar-refractivity contribution < 1.29 is 23.8 Å². The fourth-order valence-electron chi connectivity index (χ4n) is 2.04. The number of hydrogen-bond acceptors (Lipinski definition) is 5. The lowest BCUT2D eigenvalue weighted by Crippen LogP contribution is -2.21. The molecule has 0 saturated heterocycles. The smallest absolute Gasteiger partial charge is 0.310 e. The molecule has 0 fully saturated rings. The maximum atomic E-state index is 11.9. The van der Waals surface area contributed by atoms with Crippen molar-refractivity contribution in [2.24, 2.45) is 0 Å². The van der Waals surface area contributed by atoms with E-state index in [9.17, 15) is 9.59 Å². The van der Waals surface area contributed by atoms with E-state index in [1.165, 1.54) is 14.2 Å². The van der Waals surface area contributed by atoms with Gasteiger partial charge in [-0.1, -0.05) is 23.7 Å². The first kappa shape index (κ1) is 18.6. The zero-order valence-corrected chi connectivity index (χ0v) is 14.6. The number of ether oxygens (including phenoxy) is 3. The van der Waals surface area contributed by atoms with Crippen LogP contribution in [0.5, 0.6) is 11.5 Å². The predicted octanol–water partition coefficient (Wildman–Crippen LogP) is 3.08. The van der Waals surface area contributed by atoms with Gasteiger partial charge >= 0.3 is 5.97 Å². The van der Waals surface area contributed by atoms with E-state index in [1.54, 1.807) is 42.5 Å². The number of halogens is 1. The lowest BCUT2D eigenvalue weighted by molar-refractivity contribution is -0.146. The average Bonchev–Trinajstić information content (AvgIpc) is 2.61. The van der Waals surface area contributed by atoms with Gasteiger partial charge in [0.2, 0.25) is 0 Å². The number of carbonyl (C=O) groups excluding carboxylic acids is 2. The second-order valence-corrected chi connectivity index (χ2v) is 5.55. The van der Waals surface area contributed by atoms with Gasteiger partial charge in [0, 0.05) is 28.9 Å². The molecule has 132 valence electrons. The van der Waals surface area contributed by atoms with Gasteiger partial charge in [0.1, 0.15) is 11.5 Å². The quantitative estimate of drug-likeness (QED) is 0.765. The molecule has 0 bridgehead atoms. The van der Waals surface area contributed by atoms with Crippen LogP contribution < -0.4 is 14.8 Å². The molecule has 1 N–H and O–H groups in total. The summed E-state index contributed by atoms with van der Waals surface area (Å²) >= 11 is 5.78. The average molecular weight is 364 g/mol. The summed E-state index contributed by atoms with van der Waals surface area (Å²) in [4.78, 5) is 23.7. The largest absolute Gasteiger partial charge is 0.497 e. The molecule has 6 nitrogen and oxygen atoms in total. The molecular weight excluding hydrogens is 346 g/mol. The number of benzene rings is 2. The van der Waals surface area contributed by atoms with Crippen LogP contribution in [0.1, 0.15) is 5.56 Å². The van der Waals surface area contributed by atoms with E-state index in [-0.39, 0.29) is 13.0 Å². The van der Waals surface area contributed by atoms with E-state index in [2.05, 4.69) is 5.32 Å². The van der Waals surface area contributed by atoms with E-state index >= 15 is 0 Å². The first-order chi connectivity index (χ1) is 12.0. The maximum absolute atomic E-state index is 11.9. The molecule has 0 heterocycles. The lowest BCUT2D eigenvalue weighted by atomic mass is 10.1. The van der Waals surface area contributed by atoms with Gasteiger partial charge in [-0.25, -0.2) is 0 Å². The zero-order valence-electron chi connectivity index (χ0n) is 13.9. The summed E-state index contributed by atoms with van der Waals surface area (Å²) in [5.41, 5.74) is 1.24. The van der Waals surface area contributed by atoms with Gasteiger partial charge in [-0.15, -0.1) is 0 Å². The van der Waals surface area contributed by atoms with Gasteiger partial charge in [0.15, 0.2) is 6.61 Å². The van der Waals surface area contributed by atoms with E-state index in [1.807, 2.05) is 0 Å². The van der Waals surface area contributed by atoms with Crippen molar-refractivity contribution in [2.45, 2.75) is 6.42 Å². The first-order valence-corrected chi connectivity index (χ1v) is 7.81. The highest BCUT2D eigenvalue weighted by Gasteiger charge is 2.10. The Hall–Kier alpha value is -2.73. The van der Waals surface area contributed by atoms with Crippen LogP contribution in [0.2, 0.25) is 5.02 Å². The summed E-state index contributed by atoms with van der Waals surface area (Å²) in [6, 6.07) is 11.8. The minimum absolute atomic E-state index is 0.0669. The van der Waals surface area contributed by atoms with Crippen molar-refractivity contribution in [1.29, 1.82) is 0 Å². The van der Waals surface area contributed by atoms with Gasteiger partial charge < -0.3 is 19.5 Å². The van der Waals surface area contributed by atoms with E-state index in [4.69, 9.17) is 25.8 Å². The summed E-state index contributed by atoms with van der Waals surface area (Å²) in [6.07, 6.45) is 0.0669. The number of methoxy groups -OCH3 is 2. The molecule has 0 spiro atoms. The molecule has 1 amide bonds. The molecule has 0 aromatic heterocycles. The normalized spacial score (nSPS) is 10.0. The number of nitrogens with one attached hydrogen (secondary N) is 1. The Morgan fingerprint density at radius 3 is 2.16 bits per heavy atom. The Morgan fingerprint density at radius 1 is 1.00 bits per heavy atom. The molecule has 0 aliphatic heterocycles. The van der Waals surface area contributed by atoms with Crippen LogP contribution in [0, 0.1) is 0 Å². The maximum Gasteiger partial charge on any atom is 0.310 e. The second-order valence-electron chi connectivity index (χ2n) is 5.11. The van der Waals surface area contributed by atoms with Crippen molar-refractivity contribution in [3.05, 3.63) is 53.1 Å². The Kier molecular flexibility index (Phi) is 6.65. The molecule has 2 rings (SSSR count). The summed E-state index contributed by atoms with van der Waals surface area (Å²) < 4.78 is 15.2. The van der Waals surface area contributed by atoms with Crippen molar-refractivity contribution in [1.82, 2.24) is 0 Å². The van der Waals surface area contributed by atoms with E-state index in [0.29, 0.717) is 22.2 Å². The van der Waals surface area contributed by atoms with Gasteiger partial charge in [0.05, 0.1) is 20.6 Å². The second kappa shape index (κ2) is 8.94. The molecule has 0 atom stereocenters. The molecule has 2 aromatic rings. The summed E-state index contributed by atoms with van der Waals surface area (Å²) in [7, 11) is 3.03. The topological polar surface area (TPSA) is 73.9 Å². The van der Waals surface area contributed by atoms with Crippen LogP contribution in [-0.4, -0.2) is 32.7 Å². The Morgan fingerprint density at radius 2 is 1.60 bits per heavy atom. The van der Waals surface area contributed by atoms with Crippen molar-refractivity contribution >= 4 is 29.2 Å². The predicted molar refractivity (Wildman–Crippen MR) is 94.3 cm³/mol. The van der Waals surface area contributed by atoms with E-state index < -0.39 is 11.9 Å². The first-order valence-electron chi connectivity index (χ1n) is 7.43. The van der Waals surface area contributed by atoms with Crippen LogP contribution in [0.4, 0.5) is 5.69 Å². The molecule has 0 aliphatic rings. The molecule has 7 heteroatoms. The summed E-state index contributed by atoms with van der Waals surface area (Å²) in [6.45, 7) is -0.383. The van der Waals surface area contributed by atoms with Gasteiger partial charge in [-0.05, 0) is 17.7 Å². The summed E-state index contributed by atoms with van der Waals surface area (Å²) in [5.74, 6) is 0.115.